The summed E-state index contributed by atoms with van der Waals surface area (Å²) in [5, 5.41) is 0. The Morgan fingerprint density at radius 2 is 1.44 bits per heavy atom. The van der Waals surface area contributed by atoms with Crippen molar-refractivity contribution in [2.24, 2.45) is 0 Å². The van der Waals surface area contributed by atoms with E-state index in [-0.39, 0.29) is 23.4 Å². The van der Waals surface area contributed by atoms with Crippen LogP contribution in [0.2, 0.25) is 0 Å². The van der Waals surface area contributed by atoms with Gasteiger partial charge in [0.25, 0.3) is 0 Å². The lowest BCUT2D eigenvalue weighted by molar-refractivity contribution is -0.0608. The minimum absolute atomic E-state index is 0.0251. The van der Waals surface area contributed by atoms with E-state index >= 15 is 0 Å². The van der Waals surface area contributed by atoms with E-state index in [4.69, 9.17) is 9.47 Å². The van der Waals surface area contributed by atoms with Crippen molar-refractivity contribution in [2.75, 3.05) is 0 Å². The molecule has 0 bridgehead atoms. The Morgan fingerprint density at radius 1 is 0.844 bits per heavy atom. The van der Waals surface area contributed by atoms with E-state index in [1.807, 2.05) is 75.4 Å². The third kappa shape index (κ3) is 5.10. The quantitative estimate of drug-likeness (QED) is 0.563. The molecule has 32 heavy (non-hydrogen) atoms. The Kier molecular flexibility index (Phi) is 6.76. The van der Waals surface area contributed by atoms with Crippen LogP contribution >= 0.6 is 0 Å². The maximum atomic E-state index is 13.3. The molecule has 3 atom stereocenters. The summed E-state index contributed by atoms with van der Waals surface area (Å²) in [4.78, 5) is 0.242. The van der Waals surface area contributed by atoms with Crippen LogP contribution in [-0.4, -0.2) is 26.9 Å². The fourth-order valence-corrected chi connectivity index (χ4v) is 5.11. The normalized spacial score (nSPS) is 20.3. The molecule has 0 saturated carbocycles. The van der Waals surface area contributed by atoms with Crippen LogP contribution in [0, 0.1) is 6.92 Å². The molecule has 3 aromatic carbocycles. The lowest BCUT2D eigenvalue weighted by atomic mass is 9.93. The molecule has 4 rings (SSSR count). The van der Waals surface area contributed by atoms with E-state index in [1.165, 1.54) is 0 Å². The molecule has 1 fully saturated rings. The van der Waals surface area contributed by atoms with Crippen LogP contribution in [0.25, 0.3) is 0 Å². The molecule has 1 saturated heterocycles. The van der Waals surface area contributed by atoms with Gasteiger partial charge in [-0.25, -0.2) is 8.42 Å². The first-order valence-corrected chi connectivity index (χ1v) is 12.3. The van der Waals surface area contributed by atoms with Crippen molar-refractivity contribution in [1.29, 1.82) is 0 Å². The summed E-state index contributed by atoms with van der Waals surface area (Å²) < 4.78 is 41.4. The highest BCUT2D eigenvalue weighted by Crippen LogP contribution is 2.30. The third-order valence-corrected chi connectivity index (χ3v) is 7.32. The maximum Gasteiger partial charge on any atom is 0.241 e. The number of aryl methyl sites for hydroxylation is 1. The largest absolute Gasteiger partial charge is 0.347 e. The topological polar surface area (TPSA) is 64.6 Å². The van der Waals surface area contributed by atoms with Crippen molar-refractivity contribution in [2.45, 2.75) is 56.6 Å². The van der Waals surface area contributed by atoms with Crippen LogP contribution < -0.4 is 4.72 Å². The van der Waals surface area contributed by atoms with Gasteiger partial charge in [-0.2, -0.15) is 4.72 Å². The second-order valence-electron chi connectivity index (χ2n) is 8.29. The first kappa shape index (κ1) is 22.7. The number of hydrogen-bond acceptors (Lipinski definition) is 4. The molecule has 1 aliphatic heterocycles. The van der Waals surface area contributed by atoms with Gasteiger partial charge in [0.1, 0.15) is 0 Å². The average Bonchev–Trinajstić information content (AvgIpc) is 3.10. The molecule has 5 nitrogen and oxygen atoms in total. The van der Waals surface area contributed by atoms with Gasteiger partial charge in [0, 0.05) is 6.42 Å². The summed E-state index contributed by atoms with van der Waals surface area (Å²) in [6.07, 6.45) is 0.237. The molecule has 6 heteroatoms. The molecule has 0 unspecified atom stereocenters. The standard InChI is InChI=1S/C26H29NO4S/c1-18-13-15-23(16-14-18)32(28,29)27-26(21-9-5-4-6-10-21)24-12-8-7-11-22(24)17-25-30-19(2)20(3)31-25/h4-16,19-20,25-27H,17H2,1-3H3/t19-,20-,26+/m1/s1. The van der Waals surface area contributed by atoms with Crippen molar-refractivity contribution in [1.82, 2.24) is 4.72 Å². The monoisotopic (exact) mass is 451 g/mol. The Hall–Kier alpha value is -2.51. The van der Waals surface area contributed by atoms with Crippen molar-refractivity contribution >= 4 is 10.0 Å². The number of nitrogens with one attached hydrogen (secondary N) is 1. The summed E-state index contributed by atoms with van der Waals surface area (Å²) in [5.41, 5.74) is 3.74. The highest BCUT2D eigenvalue weighted by Gasteiger charge is 2.31. The second kappa shape index (κ2) is 9.55. The van der Waals surface area contributed by atoms with Crippen molar-refractivity contribution < 1.29 is 17.9 Å². The minimum Gasteiger partial charge on any atom is -0.347 e. The zero-order valence-electron chi connectivity index (χ0n) is 18.6. The SMILES string of the molecule is Cc1ccc(S(=O)(=O)N[C@@H](c2ccccc2)c2ccccc2CC2O[C@H](C)[C@@H](C)O2)cc1. The van der Waals surface area contributed by atoms with Crippen LogP contribution in [0.15, 0.2) is 83.8 Å². The average molecular weight is 452 g/mol. The molecule has 0 aliphatic carbocycles. The third-order valence-electron chi connectivity index (χ3n) is 5.88. The molecule has 1 aliphatic rings. The van der Waals surface area contributed by atoms with Gasteiger partial charge in [0.2, 0.25) is 10.0 Å². The van der Waals surface area contributed by atoms with Gasteiger partial charge in [0.15, 0.2) is 6.29 Å². The molecular formula is C26H29NO4S. The van der Waals surface area contributed by atoms with Gasteiger partial charge in [-0.1, -0.05) is 72.3 Å². The van der Waals surface area contributed by atoms with Crippen molar-refractivity contribution in [3.63, 3.8) is 0 Å². The summed E-state index contributed by atoms with van der Waals surface area (Å²) in [5.74, 6) is 0. The Balaban J connectivity index is 1.70. The van der Waals surface area contributed by atoms with Crippen molar-refractivity contribution in [3.05, 3.63) is 101 Å². The van der Waals surface area contributed by atoms with E-state index in [0.29, 0.717) is 6.42 Å². The lowest BCUT2D eigenvalue weighted by Gasteiger charge is -2.23. The van der Waals surface area contributed by atoms with Crippen LogP contribution in [-0.2, 0) is 25.9 Å². The summed E-state index contributed by atoms with van der Waals surface area (Å²) in [7, 11) is -3.75. The van der Waals surface area contributed by atoms with Gasteiger partial charge in [-0.15, -0.1) is 0 Å². The molecule has 0 aromatic heterocycles. The van der Waals surface area contributed by atoms with Gasteiger partial charge < -0.3 is 9.47 Å². The molecule has 1 heterocycles. The fourth-order valence-electron chi connectivity index (χ4n) is 3.91. The van der Waals surface area contributed by atoms with E-state index in [0.717, 1.165) is 22.3 Å². The summed E-state index contributed by atoms with van der Waals surface area (Å²) in [6.45, 7) is 5.93. The zero-order valence-corrected chi connectivity index (χ0v) is 19.4. The number of ether oxygens (including phenoxy) is 2. The van der Waals surface area contributed by atoms with Gasteiger partial charge in [-0.3, -0.25) is 0 Å². The molecule has 1 N–H and O–H groups in total. The highest BCUT2D eigenvalue weighted by molar-refractivity contribution is 7.89. The molecule has 168 valence electrons. The van der Waals surface area contributed by atoms with E-state index in [9.17, 15) is 8.42 Å². The van der Waals surface area contributed by atoms with Crippen LogP contribution in [0.1, 0.15) is 42.1 Å². The van der Waals surface area contributed by atoms with Gasteiger partial charge >= 0.3 is 0 Å². The van der Waals surface area contributed by atoms with Crippen LogP contribution in [0.5, 0.6) is 0 Å². The smallest absolute Gasteiger partial charge is 0.241 e. The van der Waals surface area contributed by atoms with E-state index < -0.39 is 16.1 Å². The number of rotatable bonds is 7. The van der Waals surface area contributed by atoms with E-state index in [1.54, 1.807) is 24.3 Å². The number of sulfonamides is 1. The predicted molar refractivity (Wildman–Crippen MR) is 125 cm³/mol. The Morgan fingerprint density at radius 3 is 2.09 bits per heavy atom. The molecule has 3 aromatic rings. The lowest BCUT2D eigenvalue weighted by Crippen LogP contribution is -2.30. The summed E-state index contributed by atoms with van der Waals surface area (Å²) >= 11 is 0. The number of hydrogen-bond donors (Lipinski definition) is 1. The number of benzene rings is 3. The van der Waals surface area contributed by atoms with Gasteiger partial charge in [0.05, 0.1) is 23.1 Å². The first-order valence-electron chi connectivity index (χ1n) is 10.9. The van der Waals surface area contributed by atoms with Crippen LogP contribution in [0.4, 0.5) is 0 Å². The van der Waals surface area contributed by atoms with Crippen molar-refractivity contribution in [3.8, 4) is 0 Å². The second-order valence-corrected chi connectivity index (χ2v) is 10.0. The van der Waals surface area contributed by atoms with Crippen LogP contribution in [0.3, 0.4) is 0 Å². The Labute approximate surface area is 190 Å². The predicted octanol–water partition coefficient (Wildman–Crippen LogP) is 4.76. The fraction of sp³-hybridized carbons (Fsp3) is 0.308. The molecule has 0 spiro atoms. The first-order chi connectivity index (χ1) is 15.3. The highest BCUT2D eigenvalue weighted by atomic mass is 32.2. The summed E-state index contributed by atoms with van der Waals surface area (Å²) in [6, 6.07) is 23.8. The molecule has 0 amide bonds. The Bertz CT molecular complexity index is 1140. The molecule has 0 radical (unpaired) electrons. The van der Waals surface area contributed by atoms with Gasteiger partial charge in [-0.05, 0) is 49.6 Å². The minimum atomic E-state index is -3.75. The maximum absolute atomic E-state index is 13.3. The van der Waals surface area contributed by atoms with E-state index in [2.05, 4.69) is 4.72 Å². The zero-order chi connectivity index (χ0) is 22.7. The molecular weight excluding hydrogens is 422 g/mol.